The van der Waals surface area contributed by atoms with E-state index in [0.717, 1.165) is 16.8 Å². The Morgan fingerprint density at radius 3 is 2.14 bits per heavy atom. The molecule has 1 aromatic carbocycles. The number of nitrogens with zero attached hydrogens (tertiary/aromatic N) is 2. The zero-order valence-electron chi connectivity index (χ0n) is 13.3. The Morgan fingerprint density at radius 2 is 1.64 bits per heavy atom. The van der Waals surface area contributed by atoms with E-state index >= 15 is 0 Å². The normalized spacial score (nSPS) is 17.4. The average Bonchev–Trinajstić information content (AvgIpc) is 2.36. The summed E-state index contributed by atoms with van der Waals surface area (Å²) in [5.41, 5.74) is 3.02. The van der Waals surface area contributed by atoms with E-state index in [2.05, 4.69) is 11.4 Å². The van der Waals surface area contributed by atoms with Gasteiger partial charge in [0.1, 0.15) is 0 Å². The molecule has 0 spiro atoms. The molecule has 122 valence electrons. The number of carbonyl (C=O) groups is 1. The molecule has 0 saturated carbocycles. The summed E-state index contributed by atoms with van der Waals surface area (Å²) in [6.45, 7) is 6.30. The summed E-state index contributed by atoms with van der Waals surface area (Å²) in [6, 6.07) is 5.93. The SMILES string of the molecule is Cc1cc(C)cc(NC(=O)CN2CCN(S(C)(=O)=O)CC2)c1. The van der Waals surface area contributed by atoms with Crippen LogP contribution in [0.4, 0.5) is 5.69 Å². The van der Waals surface area contributed by atoms with Crippen molar-refractivity contribution >= 4 is 21.6 Å². The highest BCUT2D eigenvalue weighted by molar-refractivity contribution is 7.88. The molecule has 0 aliphatic carbocycles. The standard InChI is InChI=1S/C15H23N3O3S/c1-12-8-13(2)10-14(9-12)16-15(19)11-17-4-6-18(7-5-17)22(3,20)21/h8-10H,4-7,11H2,1-3H3,(H,16,19). The molecule has 0 atom stereocenters. The molecule has 1 aromatic rings. The minimum atomic E-state index is -3.13. The van der Waals surface area contributed by atoms with E-state index in [4.69, 9.17) is 0 Å². The molecule has 1 aliphatic heterocycles. The number of amides is 1. The molecule has 1 N–H and O–H groups in total. The van der Waals surface area contributed by atoms with E-state index in [1.54, 1.807) is 0 Å². The lowest BCUT2D eigenvalue weighted by Crippen LogP contribution is -2.50. The quantitative estimate of drug-likeness (QED) is 0.890. The fourth-order valence-corrected chi connectivity index (χ4v) is 3.50. The minimum Gasteiger partial charge on any atom is -0.325 e. The first kappa shape index (κ1) is 16.9. The Morgan fingerprint density at radius 1 is 1.09 bits per heavy atom. The van der Waals surface area contributed by atoms with Crippen LogP contribution in [-0.2, 0) is 14.8 Å². The number of carbonyl (C=O) groups excluding carboxylic acids is 1. The molecular formula is C15H23N3O3S. The van der Waals surface area contributed by atoms with Gasteiger partial charge in [-0.05, 0) is 37.1 Å². The number of rotatable bonds is 4. The van der Waals surface area contributed by atoms with Crippen LogP contribution in [0.3, 0.4) is 0 Å². The summed E-state index contributed by atoms with van der Waals surface area (Å²) >= 11 is 0. The number of benzene rings is 1. The Bertz CT molecular complexity index is 630. The molecule has 0 bridgehead atoms. The van der Waals surface area contributed by atoms with Gasteiger partial charge in [-0.3, -0.25) is 9.69 Å². The van der Waals surface area contributed by atoms with E-state index in [1.165, 1.54) is 10.6 Å². The maximum absolute atomic E-state index is 12.1. The van der Waals surface area contributed by atoms with Crippen LogP contribution in [0.2, 0.25) is 0 Å². The molecule has 0 aromatic heterocycles. The van der Waals surface area contributed by atoms with Crippen molar-refractivity contribution in [3.63, 3.8) is 0 Å². The van der Waals surface area contributed by atoms with Crippen LogP contribution in [-0.4, -0.2) is 62.5 Å². The average molecular weight is 325 g/mol. The molecule has 6 nitrogen and oxygen atoms in total. The van der Waals surface area contributed by atoms with Crippen LogP contribution in [0.5, 0.6) is 0 Å². The number of nitrogens with one attached hydrogen (secondary N) is 1. The van der Waals surface area contributed by atoms with Gasteiger partial charge in [0.25, 0.3) is 0 Å². The van der Waals surface area contributed by atoms with Crippen LogP contribution in [0.1, 0.15) is 11.1 Å². The van der Waals surface area contributed by atoms with Crippen molar-refractivity contribution in [2.75, 3.05) is 44.3 Å². The number of sulfonamides is 1. The highest BCUT2D eigenvalue weighted by Crippen LogP contribution is 2.14. The first-order chi connectivity index (χ1) is 10.2. The molecule has 0 radical (unpaired) electrons. The third kappa shape index (κ3) is 4.79. The molecule has 1 aliphatic rings. The highest BCUT2D eigenvalue weighted by atomic mass is 32.2. The zero-order chi connectivity index (χ0) is 16.3. The summed E-state index contributed by atoms with van der Waals surface area (Å²) in [5, 5.41) is 2.90. The Balaban J connectivity index is 1.86. The van der Waals surface area contributed by atoms with Gasteiger partial charge >= 0.3 is 0 Å². The first-order valence-corrected chi connectivity index (χ1v) is 9.14. The van der Waals surface area contributed by atoms with Gasteiger partial charge in [0.2, 0.25) is 15.9 Å². The number of hydrogen-bond donors (Lipinski definition) is 1. The number of anilines is 1. The lowest BCUT2D eigenvalue weighted by atomic mass is 10.1. The fourth-order valence-electron chi connectivity index (χ4n) is 2.67. The van der Waals surface area contributed by atoms with Crippen LogP contribution < -0.4 is 5.32 Å². The van der Waals surface area contributed by atoms with E-state index in [0.29, 0.717) is 26.2 Å². The number of hydrogen-bond acceptors (Lipinski definition) is 4. The topological polar surface area (TPSA) is 69.7 Å². The summed E-state index contributed by atoms with van der Waals surface area (Å²) in [4.78, 5) is 14.1. The van der Waals surface area contributed by atoms with Crippen molar-refractivity contribution in [2.45, 2.75) is 13.8 Å². The molecule has 1 amide bonds. The maximum atomic E-state index is 12.1. The van der Waals surface area contributed by atoms with Crippen molar-refractivity contribution in [1.29, 1.82) is 0 Å². The Labute approximate surface area is 132 Å². The lowest BCUT2D eigenvalue weighted by Gasteiger charge is -2.32. The molecule has 7 heteroatoms. The van der Waals surface area contributed by atoms with E-state index in [1.807, 2.05) is 30.9 Å². The molecular weight excluding hydrogens is 302 g/mol. The minimum absolute atomic E-state index is 0.0715. The van der Waals surface area contributed by atoms with Crippen molar-refractivity contribution < 1.29 is 13.2 Å². The third-order valence-electron chi connectivity index (χ3n) is 3.67. The van der Waals surface area contributed by atoms with Crippen molar-refractivity contribution in [3.05, 3.63) is 29.3 Å². The molecule has 1 saturated heterocycles. The van der Waals surface area contributed by atoms with Gasteiger partial charge in [-0.15, -0.1) is 0 Å². The van der Waals surface area contributed by atoms with E-state index in [9.17, 15) is 13.2 Å². The summed E-state index contributed by atoms with van der Waals surface area (Å²) in [5.74, 6) is -0.0715. The lowest BCUT2D eigenvalue weighted by molar-refractivity contribution is -0.117. The van der Waals surface area contributed by atoms with E-state index < -0.39 is 10.0 Å². The van der Waals surface area contributed by atoms with Gasteiger partial charge in [-0.25, -0.2) is 8.42 Å². The van der Waals surface area contributed by atoms with E-state index in [-0.39, 0.29) is 12.5 Å². The fraction of sp³-hybridized carbons (Fsp3) is 0.533. The number of aryl methyl sites for hydroxylation is 2. The predicted molar refractivity (Wildman–Crippen MR) is 87.4 cm³/mol. The van der Waals surface area contributed by atoms with Crippen LogP contribution in [0.25, 0.3) is 0 Å². The second-order valence-corrected chi connectivity index (χ2v) is 7.85. The summed E-state index contributed by atoms with van der Waals surface area (Å²) in [7, 11) is -3.13. The van der Waals surface area contributed by atoms with Gasteiger partial charge in [-0.1, -0.05) is 6.07 Å². The Hall–Kier alpha value is -1.44. The van der Waals surface area contributed by atoms with Crippen molar-refractivity contribution in [2.24, 2.45) is 0 Å². The third-order valence-corrected chi connectivity index (χ3v) is 4.98. The smallest absolute Gasteiger partial charge is 0.238 e. The van der Waals surface area contributed by atoms with Gasteiger partial charge in [0, 0.05) is 31.9 Å². The first-order valence-electron chi connectivity index (χ1n) is 7.30. The monoisotopic (exact) mass is 325 g/mol. The molecule has 1 fully saturated rings. The summed E-state index contributed by atoms with van der Waals surface area (Å²) < 4.78 is 24.3. The Kier molecular flexibility index (Phi) is 5.20. The van der Waals surface area contributed by atoms with Crippen LogP contribution in [0.15, 0.2) is 18.2 Å². The molecule has 2 rings (SSSR count). The molecule has 22 heavy (non-hydrogen) atoms. The van der Waals surface area contributed by atoms with Crippen molar-refractivity contribution in [1.82, 2.24) is 9.21 Å². The van der Waals surface area contributed by atoms with Gasteiger partial charge in [0.05, 0.1) is 12.8 Å². The maximum Gasteiger partial charge on any atom is 0.238 e. The largest absolute Gasteiger partial charge is 0.325 e. The highest BCUT2D eigenvalue weighted by Gasteiger charge is 2.24. The van der Waals surface area contributed by atoms with Crippen LogP contribution in [0, 0.1) is 13.8 Å². The van der Waals surface area contributed by atoms with Crippen molar-refractivity contribution in [3.8, 4) is 0 Å². The predicted octanol–water partition coefficient (Wildman–Crippen LogP) is 0.819. The second kappa shape index (κ2) is 6.76. The van der Waals surface area contributed by atoms with Gasteiger partial charge < -0.3 is 5.32 Å². The van der Waals surface area contributed by atoms with Gasteiger partial charge in [0.15, 0.2) is 0 Å². The zero-order valence-corrected chi connectivity index (χ0v) is 14.1. The van der Waals surface area contributed by atoms with Gasteiger partial charge in [-0.2, -0.15) is 4.31 Å². The molecule has 0 unspecified atom stereocenters. The van der Waals surface area contributed by atoms with Crippen LogP contribution >= 0.6 is 0 Å². The molecule has 1 heterocycles. The number of piperazine rings is 1. The second-order valence-electron chi connectivity index (χ2n) is 5.86. The summed E-state index contributed by atoms with van der Waals surface area (Å²) in [6.07, 6.45) is 1.22.